The molecule has 0 unspecified atom stereocenters. The number of hydrogen-bond donors (Lipinski definition) is 0. The van der Waals surface area contributed by atoms with Crippen molar-refractivity contribution in [2.45, 2.75) is 5.92 Å². The second-order valence-electron chi connectivity index (χ2n) is 3.91. The van der Waals surface area contributed by atoms with Gasteiger partial charge in [-0.2, -0.15) is 0 Å². The van der Waals surface area contributed by atoms with Crippen molar-refractivity contribution in [3.8, 4) is 5.75 Å². The fraction of sp³-hybridized carbons (Fsp3) is 0.364. The fourth-order valence-corrected chi connectivity index (χ4v) is 2.18. The highest BCUT2D eigenvalue weighted by molar-refractivity contribution is 6.30. The van der Waals surface area contributed by atoms with Crippen molar-refractivity contribution in [2.24, 2.45) is 5.92 Å². The number of benzene rings is 1. The smallest absolute Gasteiger partial charge is 0.211 e. The summed E-state index contributed by atoms with van der Waals surface area (Å²) in [4.78, 5) is 21.1. The third kappa shape index (κ3) is 2.39. The highest BCUT2D eigenvalue weighted by Crippen LogP contribution is 2.37. The number of halogens is 1. The third-order valence-corrected chi connectivity index (χ3v) is 3.08. The Kier molecular flexibility index (Phi) is 3.28. The first-order valence-corrected chi connectivity index (χ1v) is 5.49. The van der Waals surface area contributed by atoms with Gasteiger partial charge < -0.3 is 9.53 Å². The lowest BCUT2D eigenvalue weighted by molar-refractivity contribution is -0.484. The summed E-state index contributed by atoms with van der Waals surface area (Å²) in [6.45, 7) is -0.114. The summed E-state index contributed by atoms with van der Waals surface area (Å²) in [5.41, 5.74) is 0.637. The lowest BCUT2D eigenvalue weighted by atomic mass is 9.85. The maximum Gasteiger partial charge on any atom is 0.211 e. The predicted molar refractivity (Wildman–Crippen MR) is 61.1 cm³/mol. The van der Waals surface area contributed by atoms with E-state index in [9.17, 15) is 14.9 Å². The highest BCUT2D eigenvalue weighted by Gasteiger charge is 2.34. The average Bonchev–Trinajstić information content (AvgIpc) is 2.29. The van der Waals surface area contributed by atoms with E-state index in [1.807, 2.05) is 0 Å². The zero-order valence-electron chi connectivity index (χ0n) is 8.84. The van der Waals surface area contributed by atoms with Crippen LogP contribution in [0.2, 0.25) is 5.02 Å². The van der Waals surface area contributed by atoms with Crippen LogP contribution >= 0.6 is 11.6 Å². The molecular weight excluding hydrogens is 246 g/mol. The van der Waals surface area contributed by atoms with Crippen LogP contribution < -0.4 is 4.74 Å². The van der Waals surface area contributed by atoms with Crippen molar-refractivity contribution >= 4 is 17.9 Å². The molecule has 0 radical (unpaired) electrons. The van der Waals surface area contributed by atoms with Crippen molar-refractivity contribution in [2.75, 3.05) is 13.2 Å². The van der Waals surface area contributed by atoms with E-state index in [1.165, 1.54) is 0 Å². The number of aldehydes is 1. The van der Waals surface area contributed by atoms with E-state index >= 15 is 0 Å². The van der Waals surface area contributed by atoms with Crippen LogP contribution in [0.15, 0.2) is 18.2 Å². The van der Waals surface area contributed by atoms with Crippen LogP contribution in [0, 0.1) is 16.0 Å². The molecule has 1 aliphatic rings. The molecule has 1 heterocycles. The minimum atomic E-state index is -0.494. The quantitative estimate of drug-likeness (QED) is 0.470. The number of carbonyl (C=O) groups excluding carboxylic acids is 1. The molecule has 1 aromatic carbocycles. The van der Waals surface area contributed by atoms with Gasteiger partial charge >= 0.3 is 0 Å². The van der Waals surface area contributed by atoms with Crippen LogP contribution in [-0.4, -0.2) is 24.4 Å². The molecule has 0 N–H and O–H groups in total. The molecule has 0 amide bonds. The summed E-state index contributed by atoms with van der Waals surface area (Å²) in [6, 6.07) is 4.96. The Bertz CT molecular complexity index is 463. The van der Waals surface area contributed by atoms with Crippen molar-refractivity contribution in [1.82, 2.24) is 0 Å². The van der Waals surface area contributed by atoms with Crippen LogP contribution in [0.5, 0.6) is 5.75 Å². The maximum absolute atomic E-state index is 10.9. The van der Waals surface area contributed by atoms with E-state index in [4.69, 9.17) is 16.3 Å². The summed E-state index contributed by atoms with van der Waals surface area (Å²) in [7, 11) is 0. The van der Waals surface area contributed by atoms with Gasteiger partial charge in [0.15, 0.2) is 0 Å². The molecule has 2 rings (SSSR count). The molecule has 0 aromatic heterocycles. The van der Waals surface area contributed by atoms with Gasteiger partial charge in [-0.15, -0.1) is 0 Å². The molecule has 6 heteroatoms. The van der Waals surface area contributed by atoms with E-state index in [1.54, 1.807) is 18.2 Å². The molecule has 0 saturated heterocycles. The summed E-state index contributed by atoms with van der Waals surface area (Å²) in [6.07, 6.45) is 0.706. The number of nitro groups is 1. The molecular formula is C11H10ClNO4. The van der Waals surface area contributed by atoms with Crippen LogP contribution in [0.3, 0.4) is 0 Å². The van der Waals surface area contributed by atoms with Gasteiger partial charge in [-0.25, -0.2) is 0 Å². The molecule has 90 valence electrons. The van der Waals surface area contributed by atoms with Gasteiger partial charge in [-0.3, -0.25) is 10.1 Å². The molecule has 1 aliphatic heterocycles. The topological polar surface area (TPSA) is 69.4 Å². The highest BCUT2D eigenvalue weighted by atomic mass is 35.5. The monoisotopic (exact) mass is 255 g/mol. The van der Waals surface area contributed by atoms with Crippen molar-refractivity contribution in [1.29, 1.82) is 0 Å². The van der Waals surface area contributed by atoms with Gasteiger partial charge in [-0.1, -0.05) is 11.6 Å². The van der Waals surface area contributed by atoms with Crippen molar-refractivity contribution < 1.29 is 14.5 Å². The van der Waals surface area contributed by atoms with E-state index in [2.05, 4.69) is 0 Å². The second-order valence-corrected chi connectivity index (χ2v) is 4.35. The number of carbonyl (C=O) groups is 1. The van der Waals surface area contributed by atoms with Gasteiger partial charge in [0.25, 0.3) is 0 Å². The lowest BCUT2D eigenvalue weighted by Gasteiger charge is -2.28. The number of nitrogens with zero attached hydrogens (tertiary/aromatic N) is 1. The molecule has 0 bridgehead atoms. The lowest BCUT2D eigenvalue weighted by Crippen LogP contribution is -2.31. The van der Waals surface area contributed by atoms with E-state index < -0.39 is 16.8 Å². The Balaban J connectivity index is 2.41. The first kappa shape index (κ1) is 11.9. The Morgan fingerprint density at radius 2 is 2.35 bits per heavy atom. The molecule has 0 spiro atoms. The largest absolute Gasteiger partial charge is 0.493 e. The molecule has 0 saturated carbocycles. The summed E-state index contributed by atoms with van der Waals surface area (Å²) in [5, 5.41) is 11.1. The molecule has 0 fully saturated rings. The molecule has 5 nitrogen and oxygen atoms in total. The van der Waals surface area contributed by atoms with Gasteiger partial charge in [-0.05, 0) is 18.2 Å². The fourth-order valence-electron chi connectivity index (χ4n) is 2.00. The zero-order chi connectivity index (χ0) is 12.4. The number of ether oxygens (including phenoxy) is 1. The average molecular weight is 256 g/mol. The molecule has 2 atom stereocenters. The predicted octanol–water partition coefficient (Wildman–Crippen LogP) is 1.91. The third-order valence-electron chi connectivity index (χ3n) is 2.84. The van der Waals surface area contributed by atoms with Crippen LogP contribution in [-0.2, 0) is 4.79 Å². The van der Waals surface area contributed by atoms with Gasteiger partial charge in [0.05, 0.1) is 18.4 Å². The summed E-state index contributed by atoms with van der Waals surface area (Å²) in [5.74, 6) is -0.393. The van der Waals surface area contributed by atoms with Crippen molar-refractivity contribution in [3.63, 3.8) is 0 Å². The van der Waals surface area contributed by atoms with E-state index in [0.29, 0.717) is 22.6 Å². The second kappa shape index (κ2) is 4.71. The van der Waals surface area contributed by atoms with E-state index in [-0.39, 0.29) is 13.2 Å². The Labute approximate surface area is 102 Å². The standard InChI is InChI=1S/C11H10ClNO4/c12-8-1-2-11-9(3-8)10(4-13(15)16)7(5-14)6-17-11/h1-3,5,7,10H,4,6H2/t7-,10+/m0/s1. The zero-order valence-corrected chi connectivity index (χ0v) is 9.59. The van der Waals surface area contributed by atoms with Gasteiger partial charge in [0.1, 0.15) is 12.0 Å². The Hall–Kier alpha value is -1.62. The molecule has 17 heavy (non-hydrogen) atoms. The van der Waals surface area contributed by atoms with Crippen LogP contribution in [0.4, 0.5) is 0 Å². The number of fused-ring (bicyclic) bond motifs is 1. The summed E-state index contributed by atoms with van der Waals surface area (Å²) >= 11 is 5.86. The Morgan fingerprint density at radius 3 is 3.00 bits per heavy atom. The minimum Gasteiger partial charge on any atom is -0.493 e. The van der Waals surface area contributed by atoms with Gasteiger partial charge in [0.2, 0.25) is 6.54 Å². The van der Waals surface area contributed by atoms with Crippen LogP contribution in [0.1, 0.15) is 11.5 Å². The number of rotatable bonds is 3. The van der Waals surface area contributed by atoms with Crippen LogP contribution in [0.25, 0.3) is 0 Å². The first-order chi connectivity index (χ1) is 8.11. The van der Waals surface area contributed by atoms with E-state index in [0.717, 1.165) is 0 Å². The SMILES string of the molecule is O=C[C@H]1COc2ccc(Cl)cc2[C@@H]1C[N+](=O)[O-]. The summed E-state index contributed by atoms with van der Waals surface area (Å²) < 4.78 is 5.38. The number of hydrogen-bond acceptors (Lipinski definition) is 4. The first-order valence-electron chi connectivity index (χ1n) is 5.11. The maximum atomic E-state index is 10.9. The molecule has 1 aromatic rings. The minimum absolute atomic E-state index is 0.177. The van der Waals surface area contributed by atoms with Crippen molar-refractivity contribution in [3.05, 3.63) is 38.9 Å². The molecule has 0 aliphatic carbocycles. The Morgan fingerprint density at radius 1 is 1.59 bits per heavy atom. The normalized spacial score (nSPS) is 22.4. The van der Waals surface area contributed by atoms with Gasteiger partial charge in [0, 0.05) is 15.5 Å².